The number of hydrogen-bond donors (Lipinski definition) is 1. The Hall–Kier alpha value is -1.91. The van der Waals surface area contributed by atoms with E-state index in [0.29, 0.717) is 25.2 Å². The van der Waals surface area contributed by atoms with Crippen LogP contribution in [0.5, 0.6) is 0 Å². The summed E-state index contributed by atoms with van der Waals surface area (Å²) in [5.41, 5.74) is 2.48. The first-order valence-electron chi connectivity index (χ1n) is 8.52. The number of carbonyl (C=O) groups excluding carboxylic acids is 2. The standard InChI is InChI=1S/C16H23N3O2.C2H6/c1-4-13-6-7-15-14(9-13)12(3)18-19(15)11(2)5-8-16(21)17-10-20;1-2/h6-7,9-11,14-15H,4-5,8H2,1-3H3,(H,17,20,21);1-2H3. The van der Waals surface area contributed by atoms with Crippen molar-refractivity contribution in [3.8, 4) is 0 Å². The minimum absolute atomic E-state index is 0.161. The number of amides is 2. The van der Waals surface area contributed by atoms with Crippen LogP contribution in [-0.4, -0.2) is 35.1 Å². The first-order valence-corrected chi connectivity index (χ1v) is 8.52. The van der Waals surface area contributed by atoms with Crippen LogP contribution in [-0.2, 0) is 9.59 Å². The highest BCUT2D eigenvalue weighted by molar-refractivity contribution is 5.89. The second-order valence-electron chi connectivity index (χ2n) is 5.67. The van der Waals surface area contributed by atoms with Crippen LogP contribution in [0.4, 0.5) is 0 Å². The van der Waals surface area contributed by atoms with Gasteiger partial charge in [-0.1, -0.05) is 44.6 Å². The van der Waals surface area contributed by atoms with E-state index in [1.54, 1.807) is 0 Å². The van der Waals surface area contributed by atoms with E-state index in [9.17, 15) is 9.59 Å². The Bertz CT molecular complexity index is 508. The number of fused-ring (bicyclic) bond motifs is 1. The molecule has 0 spiro atoms. The Kier molecular flexibility index (Phi) is 7.72. The monoisotopic (exact) mass is 319 g/mol. The molecule has 5 nitrogen and oxygen atoms in total. The number of hydrogen-bond acceptors (Lipinski definition) is 4. The number of nitrogens with zero attached hydrogens (tertiary/aromatic N) is 2. The predicted molar refractivity (Wildman–Crippen MR) is 94.0 cm³/mol. The van der Waals surface area contributed by atoms with E-state index in [2.05, 4.69) is 54.4 Å². The molecule has 2 amide bonds. The van der Waals surface area contributed by atoms with Crippen molar-refractivity contribution in [3.05, 3.63) is 23.8 Å². The number of imide groups is 1. The normalized spacial score (nSPS) is 23.1. The van der Waals surface area contributed by atoms with Gasteiger partial charge in [-0.2, -0.15) is 5.10 Å². The molecule has 0 fully saturated rings. The van der Waals surface area contributed by atoms with Gasteiger partial charge >= 0.3 is 0 Å². The topological polar surface area (TPSA) is 61.8 Å². The fourth-order valence-corrected chi connectivity index (χ4v) is 2.90. The summed E-state index contributed by atoms with van der Waals surface area (Å²) >= 11 is 0. The van der Waals surface area contributed by atoms with E-state index in [0.717, 1.165) is 12.1 Å². The lowest BCUT2D eigenvalue weighted by atomic mass is 9.88. The van der Waals surface area contributed by atoms with Crippen molar-refractivity contribution in [2.75, 3.05) is 0 Å². The molecule has 0 bridgehead atoms. The molecular formula is C18H29N3O2. The lowest BCUT2D eigenvalue weighted by Gasteiger charge is -2.31. The third kappa shape index (κ3) is 4.78. The number of nitrogens with one attached hydrogen (secondary N) is 1. The Morgan fingerprint density at radius 2 is 2.17 bits per heavy atom. The van der Waals surface area contributed by atoms with Crippen LogP contribution >= 0.6 is 0 Å². The summed E-state index contributed by atoms with van der Waals surface area (Å²) in [6, 6.07) is 0.415. The zero-order chi connectivity index (χ0) is 17.4. The molecule has 3 atom stereocenters. The van der Waals surface area contributed by atoms with Gasteiger partial charge in [0.25, 0.3) is 0 Å². The zero-order valence-corrected chi connectivity index (χ0v) is 14.9. The molecule has 1 aliphatic carbocycles. The van der Waals surface area contributed by atoms with Crippen LogP contribution in [0.15, 0.2) is 28.9 Å². The number of rotatable bonds is 6. The summed E-state index contributed by atoms with van der Waals surface area (Å²) in [6.07, 6.45) is 9.17. The van der Waals surface area contributed by atoms with Gasteiger partial charge in [0.05, 0.1) is 6.04 Å². The number of allylic oxidation sites excluding steroid dienone is 2. The van der Waals surface area contributed by atoms with E-state index in [1.165, 1.54) is 5.57 Å². The fourth-order valence-electron chi connectivity index (χ4n) is 2.90. The van der Waals surface area contributed by atoms with Crippen molar-refractivity contribution in [1.29, 1.82) is 0 Å². The molecule has 2 aliphatic rings. The molecule has 0 aromatic heterocycles. The van der Waals surface area contributed by atoms with E-state index in [4.69, 9.17) is 0 Å². The summed E-state index contributed by atoms with van der Waals surface area (Å²) in [7, 11) is 0. The summed E-state index contributed by atoms with van der Waals surface area (Å²) in [5, 5.41) is 8.94. The van der Waals surface area contributed by atoms with Crippen LogP contribution < -0.4 is 5.32 Å². The molecule has 1 aliphatic heterocycles. The van der Waals surface area contributed by atoms with E-state index >= 15 is 0 Å². The first-order chi connectivity index (χ1) is 11.1. The Morgan fingerprint density at radius 3 is 2.78 bits per heavy atom. The van der Waals surface area contributed by atoms with E-state index in [-0.39, 0.29) is 18.0 Å². The van der Waals surface area contributed by atoms with Gasteiger partial charge in [-0.05, 0) is 26.7 Å². The first kappa shape index (κ1) is 19.1. The molecule has 3 unspecified atom stereocenters. The molecule has 0 aromatic rings. The van der Waals surface area contributed by atoms with Gasteiger partial charge in [0.1, 0.15) is 0 Å². The molecule has 0 aromatic carbocycles. The smallest absolute Gasteiger partial charge is 0.226 e. The van der Waals surface area contributed by atoms with Crippen LogP contribution in [0.2, 0.25) is 0 Å². The molecule has 23 heavy (non-hydrogen) atoms. The highest BCUT2D eigenvalue weighted by Gasteiger charge is 2.35. The summed E-state index contributed by atoms with van der Waals surface area (Å²) in [4.78, 5) is 21.6. The fraction of sp³-hybridized carbons (Fsp3) is 0.611. The van der Waals surface area contributed by atoms with Crippen molar-refractivity contribution in [2.45, 2.75) is 66.0 Å². The average Bonchev–Trinajstić information content (AvgIpc) is 2.91. The highest BCUT2D eigenvalue weighted by atomic mass is 16.2. The molecule has 0 saturated carbocycles. The van der Waals surface area contributed by atoms with Gasteiger partial charge in [0.15, 0.2) is 0 Å². The lowest BCUT2D eigenvalue weighted by molar-refractivity contribution is -0.125. The van der Waals surface area contributed by atoms with Crippen LogP contribution in [0.1, 0.15) is 53.9 Å². The minimum atomic E-state index is -0.236. The van der Waals surface area contributed by atoms with Crippen molar-refractivity contribution in [1.82, 2.24) is 10.3 Å². The molecular weight excluding hydrogens is 290 g/mol. The van der Waals surface area contributed by atoms with Crippen LogP contribution in [0.25, 0.3) is 0 Å². The number of carbonyl (C=O) groups is 2. The van der Waals surface area contributed by atoms with Gasteiger partial charge in [0.2, 0.25) is 12.3 Å². The maximum atomic E-state index is 11.4. The third-order valence-electron chi connectivity index (χ3n) is 4.20. The molecule has 2 rings (SSSR count). The van der Waals surface area contributed by atoms with Gasteiger partial charge < -0.3 is 0 Å². The predicted octanol–water partition coefficient (Wildman–Crippen LogP) is 3.04. The van der Waals surface area contributed by atoms with Crippen molar-refractivity contribution < 1.29 is 9.59 Å². The summed E-state index contributed by atoms with van der Waals surface area (Å²) in [5.74, 6) is 0.108. The molecule has 0 saturated heterocycles. The molecule has 128 valence electrons. The van der Waals surface area contributed by atoms with Crippen molar-refractivity contribution in [2.24, 2.45) is 11.0 Å². The lowest BCUT2D eigenvalue weighted by Crippen LogP contribution is -2.38. The second-order valence-corrected chi connectivity index (χ2v) is 5.67. The van der Waals surface area contributed by atoms with Crippen LogP contribution in [0.3, 0.4) is 0 Å². The minimum Gasteiger partial charge on any atom is -0.299 e. The van der Waals surface area contributed by atoms with Crippen molar-refractivity contribution >= 4 is 18.0 Å². The maximum Gasteiger partial charge on any atom is 0.226 e. The van der Waals surface area contributed by atoms with Gasteiger partial charge in [-0.15, -0.1) is 0 Å². The SMILES string of the molecule is CC.CCC1=CC2C(C)=NN(C(C)CCC(=O)NC=O)C2C=C1. The third-order valence-corrected chi connectivity index (χ3v) is 4.20. The highest BCUT2D eigenvalue weighted by Crippen LogP contribution is 2.32. The molecule has 0 radical (unpaired) electrons. The maximum absolute atomic E-state index is 11.4. The quantitative estimate of drug-likeness (QED) is 0.765. The number of hydrazone groups is 1. The molecule has 5 heteroatoms. The molecule has 1 N–H and O–H groups in total. The Balaban J connectivity index is 0.00000127. The summed E-state index contributed by atoms with van der Waals surface area (Å²) in [6.45, 7) is 10.3. The van der Waals surface area contributed by atoms with Gasteiger partial charge in [-0.3, -0.25) is 19.9 Å². The Morgan fingerprint density at radius 1 is 1.48 bits per heavy atom. The average molecular weight is 319 g/mol. The zero-order valence-electron chi connectivity index (χ0n) is 14.9. The van der Waals surface area contributed by atoms with Gasteiger partial charge in [-0.25, -0.2) is 0 Å². The van der Waals surface area contributed by atoms with E-state index < -0.39 is 0 Å². The molecule has 1 heterocycles. The van der Waals surface area contributed by atoms with Crippen molar-refractivity contribution in [3.63, 3.8) is 0 Å². The van der Waals surface area contributed by atoms with Gasteiger partial charge in [0, 0.05) is 24.1 Å². The summed E-state index contributed by atoms with van der Waals surface area (Å²) < 4.78 is 0. The second kappa shape index (κ2) is 9.28. The van der Waals surface area contributed by atoms with Crippen LogP contribution in [0, 0.1) is 5.92 Å². The van der Waals surface area contributed by atoms with E-state index in [1.807, 2.05) is 13.8 Å². The largest absolute Gasteiger partial charge is 0.299 e. The Labute approximate surface area is 139 Å².